The van der Waals surface area contributed by atoms with E-state index in [0.717, 1.165) is 16.2 Å². The van der Waals surface area contributed by atoms with Gasteiger partial charge < -0.3 is 10.6 Å². The molecule has 1 unspecified atom stereocenters. The van der Waals surface area contributed by atoms with Crippen LogP contribution < -0.4 is 10.6 Å². The molecular formula is C21H20F3IN4. The molecule has 1 aromatic heterocycles. The summed E-state index contributed by atoms with van der Waals surface area (Å²) in [6.45, 7) is 4.26. The summed E-state index contributed by atoms with van der Waals surface area (Å²) in [5, 5.41) is 5.72. The van der Waals surface area contributed by atoms with Gasteiger partial charge in [-0.2, -0.15) is 18.2 Å². The average molecular weight is 512 g/mol. The molecule has 8 heteroatoms. The SMILES string of the molecule is CCC(C)c1ccc(Nc2ncc(C(F)(F)F)c(Nc3ccc(I)cc3)n2)cc1. The molecule has 0 aliphatic rings. The van der Waals surface area contributed by atoms with E-state index >= 15 is 0 Å². The standard InChI is InChI=1S/C21H20F3IN4/c1-3-13(2)14-4-8-17(9-5-14)28-20-26-12-18(21(22,23)24)19(29-20)27-16-10-6-15(25)7-11-16/h4-13H,3H2,1-2H3,(H2,26,27,28,29). The minimum atomic E-state index is -4.57. The summed E-state index contributed by atoms with van der Waals surface area (Å²) in [5.41, 5.74) is 1.50. The fourth-order valence-electron chi connectivity index (χ4n) is 2.67. The Morgan fingerprint density at radius 1 is 0.966 bits per heavy atom. The van der Waals surface area contributed by atoms with Crippen LogP contribution in [-0.2, 0) is 6.18 Å². The van der Waals surface area contributed by atoms with Gasteiger partial charge in [-0.25, -0.2) is 4.98 Å². The monoisotopic (exact) mass is 512 g/mol. The van der Waals surface area contributed by atoms with Crippen molar-refractivity contribution in [1.82, 2.24) is 9.97 Å². The van der Waals surface area contributed by atoms with Crippen LogP contribution in [0.15, 0.2) is 54.7 Å². The molecule has 0 amide bonds. The maximum absolute atomic E-state index is 13.4. The van der Waals surface area contributed by atoms with Gasteiger partial charge in [0.1, 0.15) is 11.4 Å². The highest BCUT2D eigenvalue weighted by Gasteiger charge is 2.35. The molecule has 4 nitrogen and oxygen atoms in total. The van der Waals surface area contributed by atoms with E-state index in [-0.39, 0.29) is 11.8 Å². The number of nitrogens with one attached hydrogen (secondary N) is 2. The number of hydrogen-bond donors (Lipinski definition) is 2. The van der Waals surface area contributed by atoms with Crippen molar-refractivity contribution in [2.45, 2.75) is 32.4 Å². The van der Waals surface area contributed by atoms with Gasteiger partial charge in [0, 0.05) is 21.1 Å². The third-order valence-electron chi connectivity index (χ3n) is 4.55. The number of anilines is 4. The zero-order valence-electron chi connectivity index (χ0n) is 15.9. The predicted molar refractivity (Wildman–Crippen MR) is 118 cm³/mol. The normalized spacial score (nSPS) is 12.5. The number of halogens is 4. The van der Waals surface area contributed by atoms with Crippen molar-refractivity contribution in [2.75, 3.05) is 10.6 Å². The van der Waals surface area contributed by atoms with Crippen molar-refractivity contribution in [3.05, 3.63) is 69.4 Å². The number of alkyl halides is 3. The fraction of sp³-hybridized carbons (Fsp3) is 0.238. The van der Waals surface area contributed by atoms with Crippen LogP contribution in [0.4, 0.5) is 36.3 Å². The molecule has 0 aliphatic heterocycles. The molecule has 0 bridgehead atoms. The maximum atomic E-state index is 13.4. The van der Waals surface area contributed by atoms with E-state index in [2.05, 4.69) is 57.0 Å². The smallest absolute Gasteiger partial charge is 0.340 e. The second kappa shape index (κ2) is 8.98. The molecule has 3 aromatic rings. The Hall–Kier alpha value is -2.36. The summed E-state index contributed by atoms with van der Waals surface area (Å²) in [6.07, 6.45) is -2.75. The Balaban J connectivity index is 1.87. The van der Waals surface area contributed by atoms with E-state index < -0.39 is 11.7 Å². The molecule has 0 aliphatic carbocycles. The second-order valence-electron chi connectivity index (χ2n) is 6.64. The van der Waals surface area contributed by atoms with E-state index in [1.807, 2.05) is 24.3 Å². The number of aromatic nitrogens is 2. The molecule has 0 fully saturated rings. The summed E-state index contributed by atoms with van der Waals surface area (Å²) in [6, 6.07) is 14.7. The van der Waals surface area contributed by atoms with Gasteiger partial charge in [-0.3, -0.25) is 0 Å². The Morgan fingerprint density at radius 3 is 2.14 bits per heavy atom. The molecule has 29 heavy (non-hydrogen) atoms. The Labute approximate surface area is 181 Å². The van der Waals surface area contributed by atoms with Crippen LogP contribution in [0.2, 0.25) is 0 Å². The summed E-state index contributed by atoms with van der Waals surface area (Å²) in [4.78, 5) is 7.92. The van der Waals surface area contributed by atoms with Crippen molar-refractivity contribution in [2.24, 2.45) is 0 Å². The molecule has 0 radical (unpaired) electrons. The zero-order valence-corrected chi connectivity index (χ0v) is 18.0. The molecule has 3 rings (SSSR count). The molecule has 1 atom stereocenters. The van der Waals surface area contributed by atoms with Crippen LogP contribution in [0.5, 0.6) is 0 Å². The lowest BCUT2D eigenvalue weighted by molar-refractivity contribution is -0.137. The van der Waals surface area contributed by atoms with Gasteiger partial charge in [-0.1, -0.05) is 26.0 Å². The van der Waals surface area contributed by atoms with Crippen LogP contribution >= 0.6 is 22.6 Å². The molecule has 2 N–H and O–H groups in total. The highest BCUT2D eigenvalue weighted by molar-refractivity contribution is 14.1. The molecule has 0 spiro atoms. The van der Waals surface area contributed by atoms with Crippen molar-refractivity contribution < 1.29 is 13.2 Å². The third kappa shape index (κ3) is 5.59. The summed E-state index contributed by atoms with van der Waals surface area (Å²) >= 11 is 2.13. The van der Waals surface area contributed by atoms with Gasteiger partial charge in [0.25, 0.3) is 0 Å². The van der Waals surface area contributed by atoms with Gasteiger partial charge in [0.05, 0.1) is 0 Å². The van der Waals surface area contributed by atoms with Gasteiger partial charge in [0.15, 0.2) is 0 Å². The first-order valence-electron chi connectivity index (χ1n) is 9.10. The average Bonchev–Trinajstić information content (AvgIpc) is 2.69. The Kier molecular flexibility index (Phi) is 6.61. The summed E-state index contributed by atoms with van der Waals surface area (Å²) in [5.74, 6) is 0.228. The third-order valence-corrected chi connectivity index (χ3v) is 5.27. The van der Waals surface area contributed by atoms with E-state index in [4.69, 9.17) is 0 Å². The lowest BCUT2D eigenvalue weighted by Crippen LogP contribution is -2.12. The van der Waals surface area contributed by atoms with Crippen LogP contribution in [-0.4, -0.2) is 9.97 Å². The van der Waals surface area contributed by atoms with Crippen molar-refractivity contribution in [3.63, 3.8) is 0 Å². The molecule has 152 valence electrons. The van der Waals surface area contributed by atoms with Crippen LogP contribution in [0.25, 0.3) is 0 Å². The van der Waals surface area contributed by atoms with Gasteiger partial charge in [0.2, 0.25) is 5.95 Å². The highest BCUT2D eigenvalue weighted by Crippen LogP contribution is 2.35. The van der Waals surface area contributed by atoms with Crippen molar-refractivity contribution in [3.8, 4) is 0 Å². The minimum absolute atomic E-state index is 0.0855. The van der Waals surface area contributed by atoms with Crippen LogP contribution in [0, 0.1) is 3.57 Å². The molecule has 0 saturated heterocycles. The van der Waals surface area contributed by atoms with Crippen molar-refractivity contribution in [1.29, 1.82) is 0 Å². The van der Waals surface area contributed by atoms with Crippen molar-refractivity contribution >= 4 is 45.7 Å². The molecule has 1 heterocycles. The summed E-state index contributed by atoms with van der Waals surface area (Å²) < 4.78 is 41.1. The lowest BCUT2D eigenvalue weighted by Gasteiger charge is -2.15. The Morgan fingerprint density at radius 2 is 1.55 bits per heavy atom. The first-order valence-corrected chi connectivity index (χ1v) is 10.2. The molecule has 2 aromatic carbocycles. The van der Waals surface area contributed by atoms with E-state index in [9.17, 15) is 13.2 Å². The van der Waals surface area contributed by atoms with Gasteiger partial charge >= 0.3 is 6.18 Å². The van der Waals surface area contributed by atoms with E-state index in [0.29, 0.717) is 17.3 Å². The maximum Gasteiger partial charge on any atom is 0.421 e. The first-order chi connectivity index (χ1) is 13.8. The quantitative estimate of drug-likeness (QED) is 0.346. The minimum Gasteiger partial charge on any atom is -0.340 e. The fourth-order valence-corrected chi connectivity index (χ4v) is 3.03. The van der Waals surface area contributed by atoms with Crippen LogP contribution in [0.3, 0.4) is 0 Å². The second-order valence-corrected chi connectivity index (χ2v) is 7.89. The lowest BCUT2D eigenvalue weighted by atomic mass is 9.99. The largest absolute Gasteiger partial charge is 0.421 e. The number of nitrogens with zero attached hydrogens (tertiary/aromatic N) is 2. The van der Waals surface area contributed by atoms with Gasteiger partial charge in [-0.05, 0) is 76.9 Å². The van der Waals surface area contributed by atoms with E-state index in [1.54, 1.807) is 24.3 Å². The van der Waals surface area contributed by atoms with Crippen LogP contribution in [0.1, 0.15) is 37.3 Å². The number of hydrogen-bond acceptors (Lipinski definition) is 4. The summed E-state index contributed by atoms with van der Waals surface area (Å²) in [7, 11) is 0. The first kappa shape index (κ1) is 21.4. The molecular weight excluding hydrogens is 492 g/mol. The predicted octanol–water partition coefficient (Wildman–Crippen LogP) is 7.10. The number of benzene rings is 2. The van der Waals surface area contributed by atoms with E-state index in [1.165, 1.54) is 5.56 Å². The van der Waals surface area contributed by atoms with Gasteiger partial charge in [-0.15, -0.1) is 0 Å². The number of rotatable bonds is 6. The highest BCUT2D eigenvalue weighted by atomic mass is 127. The topological polar surface area (TPSA) is 49.8 Å². The Bertz CT molecular complexity index is 957. The zero-order chi connectivity index (χ0) is 21.0. The molecule has 0 saturated carbocycles.